The average Bonchev–Trinajstić information content (AvgIpc) is 2.54. The summed E-state index contributed by atoms with van der Waals surface area (Å²) in [6.07, 6.45) is 0.907. The van der Waals surface area contributed by atoms with E-state index in [-0.39, 0.29) is 11.8 Å². The third-order valence-electron chi connectivity index (χ3n) is 3.26. The van der Waals surface area contributed by atoms with Gasteiger partial charge in [0.15, 0.2) is 0 Å². The first-order valence-corrected chi connectivity index (χ1v) is 5.40. The topological polar surface area (TPSA) is 58.2 Å². The predicted octanol–water partition coefficient (Wildman–Crippen LogP) is 0.604. The third kappa shape index (κ3) is 1.20. The number of amides is 2. The van der Waals surface area contributed by atoms with Crippen LogP contribution in [0, 0.1) is 0 Å². The van der Waals surface area contributed by atoms with Gasteiger partial charge in [-0.1, -0.05) is 6.07 Å². The SMILES string of the molecule is CC1Cc2ccc3c(c2CN1)C(=O)NC3=O. The number of hydrogen-bond acceptors (Lipinski definition) is 3. The molecule has 0 saturated heterocycles. The maximum Gasteiger partial charge on any atom is 0.259 e. The summed E-state index contributed by atoms with van der Waals surface area (Å²) in [7, 11) is 0. The second-order valence-electron chi connectivity index (χ2n) is 4.40. The fourth-order valence-electron chi connectivity index (χ4n) is 2.44. The molecule has 0 fully saturated rings. The van der Waals surface area contributed by atoms with Crippen LogP contribution in [-0.4, -0.2) is 17.9 Å². The molecule has 2 aliphatic rings. The summed E-state index contributed by atoms with van der Waals surface area (Å²) >= 11 is 0. The maximum absolute atomic E-state index is 11.7. The Morgan fingerprint density at radius 2 is 2.06 bits per heavy atom. The summed E-state index contributed by atoms with van der Waals surface area (Å²) < 4.78 is 0. The Hall–Kier alpha value is -1.68. The second-order valence-corrected chi connectivity index (χ2v) is 4.40. The van der Waals surface area contributed by atoms with Crippen molar-refractivity contribution in [2.75, 3.05) is 0 Å². The highest BCUT2D eigenvalue weighted by atomic mass is 16.2. The van der Waals surface area contributed by atoms with Crippen LogP contribution in [0.25, 0.3) is 0 Å². The van der Waals surface area contributed by atoms with Crippen molar-refractivity contribution in [3.63, 3.8) is 0 Å². The quantitative estimate of drug-likeness (QED) is 0.624. The molecule has 1 aromatic carbocycles. The van der Waals surface area contributed by atoms with Crippen LogP contribution in [0.3, 0.4) is 0 Å². The number of carbonyl (C=O) groups is 2. The van der Waals surface area contributed by atoms with Crippen molar-refractivity contribution < 1.29 is 9.59 Å². The van der Waals surface area contributed by atoms with Crippen molar-refractivity contribution in [3.8, 4) is 0 Å². The van der Waals surface area contributed by atoms with Gasteiger partial charge in [0, 0.05) is 12.6 Å². The molecular weight excluding hydrogens is 204 g/mol. The zero-order valence-corrected chi connectivity index (χ0v) is 8.96. The lowest BCUT2D eigenvalue weighted by atomic mass is 9.90. The van der Waals surface area contributed by atoms with Crippen LogP contribution in [0.5, 0.6) is 0 Å². The molecular formula is C12H12N2O2. The van der Waals surface area contributed by atoms with E-state index in [0.717, 1.165) is 12.0 Å². The van der Waals surface area contributed by atoms with E-state index in [9.17, 15) is 9.59 Å². The highest BCUT2D eigenvalue weighted by molar-refractivity contribution is 6.22. The van der Waals surface area contributed by atoms with E-state index in [4.69, 9.17) is 0 Å². The molecule has 16 heavy (non-hydrogen) atoms. The first kappa shape index (κ1) is 9.54. The van der Waals surface area contributed by atoms with Crippen LogP contribution < -0.4 is 10.6 Å². The van der Waals surface area contributed by atoms with Gasteiger partial charge < -0.3 is 5.32 Å². The molecule has 2 N–H and O–H groups in total. The van der Waals surface area contributed by atoms with E-state index in [2.05, 4.69) is 17.6 Å². The normalized spacial score (nSPS) is 22.7. The highest BCUT2D eigenvalue weighted by Crippen LogP contribution is 2.26. The number of nitrogens with one attached hydrogen (secondary N) is 2. The summed E-state index contributed by atoms with van der Waals surface area (Å²) in [5.41, 5.74) is 3.25. The van der Waals surface area contributed by atoms with Crippen LogP contribution >= 0.6 is 0 Å². The monoisotopic (exact) mass is 216 g/mol. The van der Waals surface area contributed by atoms with Crippen molar-refractivity contribution in [1.82, 2.24) is 10.6 Å². The Balaban J connectivity index is 2.20. The molecule has 2 amide bonds. The minimum absolute atomic E-state index is 0.256. The molecule has 0 spiro atoms. The molecule has 0 aromatic heterocycles. The zero-order chi connectivity index (χ0) is 11.3. The van der Waals surface area contributed by atoms with Gasteiger partial charge in [-0.05, 0) is 30.5 Å². The van der Waals surface area contributed by atoms with Crippen molar-refractivity contribution in [2.45, 2.75) is 25.9 Å². The molecule has 0 aliphatic carbocycles. The lowest BCUT2D eigenvalue weighted by Gasteiger charge is -2.24. The lowest BCUT2D eigenvalue weighted by Crippen LogP contribution is -2.34. The Bertz CT molecular complexity index is 508. The van der Waals surface area contributed by atoms with Crippen molar-refractivity contribution in [3.05, 3.63) is 34.4 Å². The fraction of sp³-hybridized carbons (Fsp3) is 0.333. The summed E-state index contributed by atoms with van der Waals surface area (Å²) in [5, 5.41) is 5.65. The molecule has 2 heterocycles. The molecule has 3 rings (SSSR count). The van der Waals surface area contributed by atoms with Crippen LogP contribution in [-0.2, 0) is 13.0 Å². The summed E-state index contributed by atoms with van der Waals surface area (Å²) in [5.74, 6) is -0.533. The van der Waals surface area contributed by atoms with E-state index in [1.165, 1.54) is 5.56 Å². The van der Waals surface area contributed by atoms with E-state index in [0.29, 0.717) is 23.7 Å². The van der Waals surface area contributed by atoms with Crippen LogP contribution in [0.15, 0.2) is 12.1 Å². The van der Waals surface area contributed by atoms with Crippen LogP contribution in [0.1, 0.15) is 38.8 Å². The van der Waals surface area contributed by atoms with E-state index < -0.39 is 0 Å². The predicted molar refractivity (Wildman–Crippen MR) is 58.2 cm³/mol. The number of benzene rings is 1. The average molecular weight is 216 g/mol. The van der Waals surface area contributed by atoms with Gasteiger partial charge >= 0.3 is 0 Å². The van der Waals surface area contributed by atoms with Crippen molar-refractivity contribution >= 4 is 11.8 Å². The van der Waals surface area contributed by atoms with Crippen molar-refractivity contribution in [1.29, 1.82) is 0 Å². The molecule has 2 aliphatic heterocycles. The Labute approximate surface area is 93.0 Å². The number of rotatable bonds is 0. The minimum Gasteiger partial charge on any atom is -0.310 e. The molecule has 4 nitrogen and oxygen atoms in total. The largest absolute Gasteiger partial charge is 0.310 e. The van der Waals surface area contributed by atoms with Gasteiger partial charge in [0.2, 0.25) is 0 Å². The summed E-state index contributed by atoms with van der Waals surface area (Å²) in [6, 6.07) is 4.14. The molecule has 0 bridgehead atoms. The minimum atomic E-state index is -0.276. The van der Waals surface area contributed by atoms with Gasteiger partial charge in [0.1, 0.15) is 0 Å². The standard InChI is InChI=1S/C12H12N2O2/c1-6-4-7-2-3-8-10(9(7)5-13-6)12(16)14-11(8)15/h2-3,6,13H,4-5H2,1H3,(H,14,15,16). The van der Waals surface area contributed by atoms with Crippen LogP contribution in [0.2, 0.25) is 0 Å². The van der Waals surface area contributed by atoms with Gasteiger partial charge in [-0.3, -0.25) is 14.9 Å². The number of imide groups is 1. The Morgan fingerprint density at radius 1 is 1.25 bits per heavy atom. The van der Waals surface area contributed by atoms with Gasteiger partial charge in [0.05, 0.1) is 11.1 Å². The maximum atomic E-state index is 11.7. The zero-order valence-electron chi connectivity index (χ0n) is 8.96. The molecule has 4 heteroatoms. The van der Waals surface area contributed by atoms with E-state index in [1.807, 2.05) is 6.07 Å². The summed E-state index contributed by atoms with van der Waals surface area (Å²) in [4.78, 5) is 23.1. The van der Waals surface area contributed by atoms with Gasteiger partial charge in [-0.25, -0.2) is 0 Å². The first-order chi connectivity index (χ1) is 7.66. The number of hydrogen-bond donors (Lipinski definition) is 2. The lowest BCUT2D eigenvalue weighted by molar-refractivity contribution is 0.0879. The van der Waals surface area contributed by atoms with Crippen molar-refractivity contribution in [2.24, 2.45) is 0 Å². The Morgan fingerprint density at radius 3 is 2.88 bits per heavy atom. The third-order valence-corrected chi connectivity index (χ3v) is 3.26. The number of fused-ring (bicyclic) bond motifs is 3. The molecule has 1 unspecified atom stereocenters. The molecule has 0 saturated carbocycles. The number of carbonyl (C=O) groups excluding carboxylic acids is 2. The van der Waals surface area contributed by atoms with Gasteiger partial charge in [-0.2, -0.15) is 0 Å². The molecule has 1 aromatic rings. The highest BCUT2D eigenvalue weighted by Gasteiger charge is 2.31. The summed E-state index contributed by atoms with van der Waals surface area (Å²) in [6.45, 7) is 2.78. The van der Waals surface area contributed by atoms with Gasteiger partial charge in [-0.15, -0.1) is 0 Å². The molecule has 1 atom stereocenters. The van der Waals surface area contributed by atoms with E-state index >= 15 is 0 Å². The van der Waals surface area contributed by atoms with Crippen LogP contribution in [0.4, 0.5) is 0 Å². The molecule has 0 radical (unpaired) electrons. The second kappa shape index (κ2) is 3.15. The van der Waals surface area contributed by atoms with Gasteiger partial charge in [0.25, 0.3) is 11.8 Å². The fourth-order valence-corrected chi connectivity index (χ4v) is 2.44. The first-order valence-electron chi connectivity index (χ1n) is 5.40. The molecule has 82 valence electrons. The van der Waals surface area contributed by atoms with E-state index in [1.54, 1.807) is 6.07 Å². The Kier molecular flexibility index (Phi) is 1.88. The smallest absolute Gasteiger partial charge is 0.259 e.